The largest absolute Gasteiger partial charge is 0.481 e. The number of hydrogen-bond donors (Lipinski definition) is 1. The van der Waals surface area contributed by atoms with Gasteiger partial charge in [0.1, 0.15) is 5.82 Å². The molecule has 2 heterocycles. The molecule has 2 aromatic rings. The Morgan fingerprint density at radius 1 is 1.28 bits per heavy atom. The molecule has 0 amide bonds. The third-order valence-corrected chi connectivity index (χ3v) is 5.95. The van der Waals surface area contributed by atoms with E-state index in [2.05, 4.69) is 52.9 Å². The molecule has 5 heteroatoms. The first kappa shape index (κ1) is 21.3. The highest BCUT2D eigenvalue weighted by Crippen LogP contribution is 2.31. The smallest absolute Gasteiger partial charge is 0.311 e. The van der Waals surface area contributed by atoms with Gasteiger partial charge in [-0.2, -0.15) is 0 Å². The number of carboxylic acid groups (broad SMARTS) is 1. The Hall–Kier alpha value is -2.40. The Labute approximate surface area is 174 Å². The number of anilines is 1. The van der Waals surface area contributed by atoms with E-state index in [1.165, 1.54) is 11.1 Å². The fraction of sp³-hybridized carbons (Fsp3) is 0.458. The summed E-state index contributed by atoms with van der Waals surface area (Å²) in [6.07, 6.45) is 5.61. The van der Waals surface area contributed by atoms with Crippen molar-refractivity contribution in [2.75, 3.05) is 24.5 Å². The number of carboxylic acids is 1. The molecular formula is C24H32N3O2. The summed E-state index contributed by atoms with van der Waals surface area (Å²) in [6, 6.07) is 13.1. The molecule has 155 valence electrons. The van der Waals surface area contributed by atoms with Gasteiger partial charge in [0, 0.05) is 37.4 Å². The number of pyridine rings is 1. The van der Waals surface area contributed by atoms with Crippen molar-refractivity contribution in [3.05, 3.63) is 65.7 Å². The molecule has 1 saturated heterocycles. The monoisotopic (exact) mass is 394 g/mol. The third kappa shape index (κ3) is 4.96. The van der Waals surface area contributed by atoms with Gasteiger partial charge in [-0.15, -0.1) is 0 Å². The number of rotatable bonds is 9. The molecule has 2 atom stereocenters. The molecule has 0 spiro atoms. The lowest BCUT2D eigenvalue weighted by atomic mass is 9.97. The van der Waals surface area contributed by atoms with Crippen LogP contribution in [-0.2, 0) is 17.8 Å². The Morgan fingerprint density at radius 2 is 2.00 bits per heavy atom. The van der Waals surface area contributed by atoms with E-state index in [4.69, 9.17) is 0 Å². The van der Waals surface area contributed by atoms with Gasteiger partial charge >= 0.3 is 5.97 Å². The van der Waals surface area contributed by atoms with E-state index in [0.717, 1.165) is 50.4 Å². The number of nitrogens with zero attached hydrogens (tertiary/aromatic N) is 3. The van der Waals surface area contributed by atoms with Gasteiger partial charge in [0.25, 0.3) is 0 Å². The number of aromatic nitrogens is 1. The minimum absolute atomic E-state index is 0.439. The van der Waals surface area contributed by atoms with Crippen LogP contribution >= 0.6 is 0 Å². The van der Waals surface area contributed by atoms with Crippen LogP contribution in [0.25, 0.3) is 0 Å². The summed E-state index contributed by atoms with van der Waals surface area (Å²) in [5.74, 6) is -0.649. The van der Waals surface area contributed by atoms with E-state index in [9.17, 15) is 9.90 Å². The molecule has 1 fully saturated rings. The summed E-state index contributed by atoms with van der Waals surface area (Å²) >= 11 is 0. The molecule has 1 unspecified atom stereocenters. The maximum absolute atomic E-state index is 11.7. The van der Waals surface area contributed by atoms with Crippen molar-refractivity contribution in [2.45, 2.75) is 52.1 Å². The second-order valence-corrected chi connectivity index (χ2v) is 7.69. The molecule has 1 aliphatic heterocycles. The van der Waals surface area contributed by atoms with Crippen molar-refractivity contribution >= 4 is 11.8 Å². The first-order valence-electron chi connectivity index (χ1n) is 10.6. The van der Waals surface area contributed by atoms with Crippen molar-refractivity contribution in [1.29, 1.82) is 0 Å². The highest BCUT2D eigenvalue weighted by molar-refractivity contribution is 5.80. The second kappa shape index (κ2) is 9.88. The standard InChI is InChI=1S/C24H32N3O2/c1-4-18-9-11-19(12-10-18)16-26(6-3)20-13-15-27(17-20)23-22(8-7-14-25-23)21(5-2)24(28)29/h5,7-12,14,20-21H,4,6,13,15-17H2,1-3H3,(H,28,29)/t20-,21?/m0/s1. The van der Waals surface area contributed by atoms with Gasteiger partial charge in [-0.05, 0) is 43.0 Å². The minimum Gasteiger partial charge on any atom is -0.481 e. The van der Waals surface area contributed by atoms with E-state index in [1.807, 2.05) is 12.1 Å². The van der Waals surface area contributed by atoms with Crippen LogP contribution in [0.2, 0.25) is 0 Å². The predicted octanol–water partition coefficient (Wildman–Crippen LogP) is 4.14. The highest BCUT2D eigenvalue weighted by atomic mass is 16.4. The van der Waals surface area contributed by atoms with E-state index < -0.39 is 11.9 Å². The molecule has 3 rings (SSSR count). The van der Waals surface area contributed by atoms with Crippen LogP contribution in [0.5, 0.6) is 0 Å². The van der Waals surface area contributed by atoms with Crippen LogP contribution in [0.3, 0.4) is 0 Å². The third-order valence-electron chi connectivity index (χ3n) is 5.95. The topological polar surface area (TPSA) is 56.7 Å². The van der Waals surface area contributed by atoms with Gasteiger partial charge in [0.15, 0.2) is 0 Å². The Balaban J connectivity index is 1.72. The Kier molecular flexibility index (Phi) is 7.26. The zero-order valence-corrected chi connectivity index (χ0v) is 17.7. The van der Waals surface area contributed by atoms with E-state index in [0.29, 0.717) is 6.04 Å². The molecule has 0 saturated carbocycles. The maximum Gasteiger partial charge on any atom is 0.311 e. The van der Waals surface area contributed by atoms with Crippen LogP contribution in [0, 0.1) is 6.42 Å². The Morgan fingerprint density at radius 3 is 2.62 bits per heavy atom. The second-order valence-electron chi connectivity index (χ2n) is 7.69. The fourth-order valence-corrected chi connectivity index (χ4v) is 4.22. The average molecular weight is 395 g/mol. The molecule has 1 aromatic heterocycles. The number of benzene rings is 1. The summed E-state index contributed by atoms with van der Waals surface area (Å²) in [4.78, 5) is 21.0. The van der Waals surface area contributed by atoms with Crippen LogP contribution in [0.1, 0.15) is 49.8 Å². The molecule has 1 aromatic carbocycles. The van der Waals surface area contributed by atoms with E-state index in [1.54, 1.807) is 19.5 Å². The number of hydrogen-bond acceptors (Lipinski definition) is 4. The van der Waals surface area contributed by atoms with Gasteiger partial charge in [-0.1, -0.05) is 51.1 Å². The quantitative estimate of drug-likeness (QED) is 0.693. The average Bonchev–Trinajstić information content (AvgIpc) is 3.23. The highest BCUT2D eigenvalue weighted by Gasteiger charge is 2.31. The molecule has 5 nitrogen and oxygen atoms in total. The van der Waals surface area contributed by atoms with Gasteiger partial charge in [-0.25, -0.2) is 4.98 Å². The van der Waals surface area contributed by atoms with Crippen LogP contribution in [0.15, 0.2) is 42.6 Å². The van der Waals surface area contributed by atoms with Gasteiger partial charge in [-0.3, -0.25) is 9.69 Å². The number of aryl methyl sites for hydroxylation is 1. The molecule has 1 N–H and O–H groups in total. The normalized spacial score (nSPS) is 17.7. The first-order valence-corrected chi connectivity index (χ1v) is 10.6. The molecule has 0 aliphatic carbocycles. The molecule has 0 bridgehead atoms. The number of aliphatic carboxylic acids is 1. The van der Waals surface area contributed by atoms with Crippen LogP contribution in [0.4, 0.5) is 5.82 Å². The summed E-state index contributed by atoms with van der Waals surface area (Å²) in [6.45, 7) is 9.89. The van der Waals surface area contributed by atoms with Crippen LogP contribution in [-0.4, -0.2) is 46.6 Å². The van der Waals surface area contributed by atoms with Gasteiger partial charge in [0.2, 0.25) is 0 Å². The van der Waals surface area contributed by atoms with E-state index in [-0.39, 0.29) is 0 Å². The van der Waals surface area contributed by atoms with Crippen molar-refractivity contribution in [1.82, 2.24) is 9.88 Å². The van der Waals surface area contributed by atoms with Crippen LogP contribution < -0.4 is 4.90 Å². The number of carbonyl (C=O) groups is 1. The van der Waals surface area contributed by atoms with E-state index >= 15 is 0 Å². The van der Waals surface area contributed by atoms with Crippen molar-refractivity contribution in [3.63, 3.8) is 0 Å². The summed E-state index contributed by atoms with van der Waals surface area (Å²) < 4.78 is 0. The number of likely N-dealkylation sites (N-methyl/N-ethyl adjacent to an activating group) is 1. The molecule has 29 heavy (non-hydrogen) atoms. The SMILES string of the molecule is C[CH]C(C(=O)O)c1cccnc1N1CC[C@H](N(CC)Cc2ccc(CC)cc2)C1. The lowest BCUT2D eigenvalue weighted by molar-refractivity contribution is -0.137. The summed E-state index contributed by atoms with van der Waals surface area (Å²) in [7, 11) is 0. The van der Waals surface area contributed by atoms with Crippen molar-refractivity contribution in [3.8, 4) is 0 Å². The van der Waals surface area contributed by atoms with Crippen molar-refractivity contribution < 1.29 is 9.90 Å². The summed E-state index contributed by atoms with van der Waals surface area (Å²) in [5, 5.41) is 9.59. The fourth-order valence-electron chi connectivity index (χ4n) is 4.22. The van der Waals surface area contributed by atoms with Gasteiger partial charge < -0.3 is 10.0 Å². The molecule has 1 aliphatic rings. The molecular weight excluding hydrogens is 362 g/mol. The zero-order chi connectivity index (χ0) is 20.8. The van der Waals surface area contributed by atoms with Crippen molar-refractivity contribution in [2.24, 2.45) is 0 Å². The van der Waals surface area contributed by atoms with Gasteiger partial charge in [0.05, 0.1) is 5.92 Å². The Bertz CT molecular complexity index is 806. The zero-order valence-electron chi connectivity index (χ0n) is 17.7. The first-order chi connectivity index (χ1) is 14.1. The molecule has 1 radical (unpaired) electrons. The lowest BCUT2D eigenvalue weighted by Gasteiger charge is -2.29. The predicted molar refractivity (Wildman–Crippen MR) is 117 cm³/mol. The maximum atomic E-state index is 11.7. The summed E-state index contributed by atoms with van der Waals surface area (Å²) in [5.41, 5.74) is 3.49. The lowest BCUT2D eigenvalue weighted by Crippen LogP contribution is -2.37. The minimum atomic E-state index is -0.830.